The van der Waals surface area contributed by atoms with E-state index in [0.29, 0.717) is 0 Å². The van der Waals surface area contributed by atoms with Gasteiger partial charge < -0.3 is 0 Å². The fourth-order valence-corrected chi connectivity index (χ4v) is 6.25. The van der Waals surface area contributed by atoms with Gasteiger partial charge >= 0.3 is 0 Å². The monoisotopic (exact) mass is 470 g/mol. The Kier molecular flexibility index (Phi) is 4.98. The molecule has 2 aromatic rings. The van der Waals surface area contributed by atoms with Crippen LogP contribution in [0.3, 0.4) is 0 Å². The first-order valence-electron chi connectivity index (χ1n) is 5.25. The van der Waals surface area contributed by atoms with E-state index in [1.54, 1.807) is 11.3 Å². The summed E-state index contributed by atoms with van der Waals surface area (Å²) in [7, 11) is 0. The highest BCUT2D eigenvalue weighted by atomic mass is 79.9. The summed E-state index contributed by atoms with van der Waals surface area (Å²) in [5, 5.41) is 0.800. The molecule has 0 aliphatic heterocycles. The Morgan fingerprint density at radius 1 is 1.06 bits per heavy atom. The fourth-order valence-electron chi connectivity index (χ4n) is 1.69. The Bertz CT molecular complexity index is 592. The maximum atomic E-state index is 6.35. The standard InChI is InChI=1S/C13H10Br3ClS/c1-6-3-8(10(17)4-7(6)2)12(15)9-5-11(14)18-13(9)16/h3-5,12H,1-2H3. The topological polar surface area (TPSA) is 0 Å². The average Bonchev–Trinajstić information content (AvgIpc) is 2.62. The first-order chi connectivity index (χ1) is 8.40. The smallest absolute Gasteiger partial charge is 0.0757 e. The molecule has 0 saturated carbocycles. The van der Waals surface area contributed by atoms with Crippen molar-refractivity contribution < 1.29 is 0 Å². The van der Waals surface area contributed by atoms with Gasteiger partial charge in [-0.15, -0.1) is 11.3 Å². The van der Waals surface area contributed by atoms with Gasteiger partial charge in [-0.3, -0.25) is 0 Å². The van der Waals surface area contributed by atoms with Crippen molar-refractivity contribution in [2.24, 2.45) is 0 Å². The highest BCUT2D eigenvalue weighted by molar-refractivity contribution is 9.12. The van der Waals surface area contributed by atoms with E-state index in [1.165, 1.54) is 16.7 Å². The molecule has 0 aliphatic rings. The molecular weight excluding hydrogens is 463 g/mol. The quantitative estimate of drug-likeness (QED) is 0.411. The molecule has 1 atom stereocenters. The SMILES string of the molecule is Cc1cc(Cl)c(C(Br)c2cc(Br)sc2Br)cc1C. The lowest BCUT2D eigenvalue weighted by Gasteiger charge is -2.14. The summed E-state index contributed by atoms with van der Waals surface area (Å²) in [5.74, 6) is 0. The predicted octanol–water partition coefficient (Wildman–Crippen LogP) is 7.03. The number of hydrogen-bond donors (Lipinski definition) is 0. The van der Waals surface area contributed by atoms with E-state index in [0.717, 1.165) is 18.2 Å². The molecule has 0 aliphatic carbocycles. The summed E-state index contributed by atoms with van der Waals surface area (Å²) < 4.78 is 2.22. The second-order valence-electron chi connectivity index (χ2n) is 4.10. The minimum absolute atomic E-state index is 0.0984. The Labute approximate surface area is 141 Å². The molecule has 0 nitrogen and oxygen atoms in total. The largest absolute Gasteiger partial charge is 0.121 e. The fraction of sp³-hybridized carbons (Fsp3) is 0.231. The zero-order valence-corrected chi connectivity index (χ0v) is 16.1. The Hall–Kier alpha value is 0.650. The lowest BCUT2D eigenvalue weighted by Crippen LogP contribution is -1.95. The third-order valence-corrected chi connectivity index (χ3v) is 6.54. The number of hydrogen-bond acceptors (Lipinski definition) is 1. The van der Waals surface area contributed by atoms with Crippen LogP contribution in [0.1, 0.15) is 27.1 Å². The molecule has 1 aromatic carbocycles. The zero-order chi connectivity index (χ0) is 13.4. The van der Waals surface area contributed by atoms with E-state index in [9.17, 15) is 0 Å². The van der Waals surface area contributed by atoms with E-state index >= 15 is 0 Å². The summed E-state index contributed by atoms with van der Waals surface area (Å²) in [6, 6.07) is 6.28. The van der Waals surface area contributed by atoms with Gasteiger partial charge in [0.15, 0.2) is 0 Å². The van der Waals surface area contributed by atoms with Gasteiger partial charge in [0.1, 0.15) is 0 Å². The lowest BCUT2D eigenvalue weighted by atomic mass is 10.0. The van der Waals surface area contributed by atoms with Crippen LogP contribution in [0.5, 0.6) is 0 Å². The average molecular weight is 473 g/mol. The van der Waals surface area contributed by atoms with Crippen LogP contribution in [0.4, 0.5) is 0 Å². The number of thiophene rings is 1. The van der Waals surface area contributed by atoms with Crippen LogP contribution in [0, 0.1) is 13.8 Å². The van der Waals surface area contributed by atoms with Gasteiger partial charge in [-0.25, -0.2) is 0 Å². The molecule has 0 radical (unpaired) electrons. The number of alkyl halides is 1. The molecular formula is C13H10Br3ClS. The van der Waals surface area contributed by atoms with Gasteiger partial charge in [-0.1, -0.05) is 33.6 Å². The number of halogens is 4. The number of aryl methyl sites for hydroxylation is 2. The summed E-state index contributed by atoms with van der Waals surface area (Å²) in [6.45, 7) is 4.18. The highest BCUT2D eigenvalue weighted by Crippen LogP contribution is 2.44. The third kappa shape index (κ3) is 3.04. The Balaban J connectivity index is 2.49. The number of benzene rings is 1. The van der Waals surface area contributed by atoms with Crippen molar-refractivity contribution in [1.29, 1.82) is 0 Å². The van der Waals surface area contributed by atoms with Crippen LogP contribution < -0.4 is 0 Å². The van der Waals surface area contributed by atoms with Crippen LogP contribution in [0.15, 0.2) is 25.8 Å². The maximum Gasteiger partial charge on any atom is 0.0757 e. The van der Waals surface area contributed by atoms with Crippen molar-refractivity contribution in [2.45, 2.75) is 18.7 Å². The zero-order valence-electron chi connectivity index (χ0n) is 9.73. The van der Waals surface area contributed by atoms with Gasteiger partial charge in [0.05, 0.1) is 12.4 Å². The maximum absolute atomic E-state index is 6.35. The van der Waals surface area contributed by atoms with E-state index in [4.69, 9.17) is 11.6 Å². The molecule has 0 bridgehead atoms. The predicted molar refractivity (Wildman–Crippen MR) is 91.4 cm³/mol. The van der Waals surface area contributed by atoms with Crippen LogP contribution in [-0.4, -0.2) is 0 Å². The van der Waals surface area contributed by atoms with Crippen LogP contribution in [0.2, 0.25) is 5.02 Å². The highest BCUT2D eigenvalue weighted by Gasteiger charge is 2.19. The van der Waals surface area contributed by atoms with Crippen molar-refractivity contribution in [3.8, 4) is 0 Å². The molecule has 0 spiro atoms. The van der Waals surface area contributed by atoms with Crippen molar-refractivity contribution in [1.82, 2.24) is 0 Å². The molecule has 1 heterocycles. The first-order valence-corrected chi connectivity index (χ1v) is 8.95. The normalized spacial score (nSPS) is 12.8. The summed E-state index contributed by atoms with van der Waals surface area (Å²) in [6.07, 6.45) is 0. The van der Waals surface area contributed by atoms with Crippen molar-refractivity contribution in [3.63, 3.8) is 0 Å². The van der Waals surface area contributed by atoms with Crippen LogP contribution in [0.25, 0.3) is 0 Å². The van der Waals surface area contributed by atoms with Crippen molar-refractivity contribution in [3.05, 3.63) is 53.0 Å². The Morgan fingerprint density at radius 2 is 1.67 bits per heavy atom. The molecule has 1 aromatic heterocycles. The Morgan fingerprint density at radius 3 is 2.22 bits per heavy atom. The summed E-state index contributed by atoms with van der Waals surface area (Å²) >= 11 is 18.8. The van der Waals surface area contributed by atoms with E-state index in [1.807, 2.05) is 6.07 Å². The molecule has 0 fully saturated rings. The molecule has 2 rings (SSSR count). The van der Waals surface area contributed by atoms with Gasteiger partial charge in [0.2, 0.25) is 0 Å². The number of rotatable bonds is 2. The summed E-state index contributed by atoms with van der Waals surface area (Å²) in [4.78, 5) is 0.0984. The molecule has 18 heavy (non-hydrogen) atoms. The van der Waals surface area contributed by atoms with E-state index in [2.05, 4.69) is 73.8 Å². The third-order valence-electron chi connectivity index (χ3n) is 2.84. The molecule has 96 valence electrons. The lowest BCUT2D eigenvalue weighted by molar-refractivity contribution is 1.16. The molecule has 0 amide bonds. The van der Waals surface area contributed by atoms with Crippen LogP contribution >= 0.6 is 70.7 Å². The van der Waals surface area contributed by atoms with Gasteiger partial charge in [-0.05, 0) is 80.1 Å². The van der Waals surface area contributed by atoms with Crippen molar-refractivity contribution in [2.75, 3.05) is 0 Å². The van der Waals surface area contributed by atoms with Gasteiger partial charge in [0.25, 0.3) is 0 Å². The molecule has 0 saturated heterocycles. The first kappa shape index (κ1) is 15.0. The van der Waals surface area contributed by atoms with Gasteiger partial charge in [-0.2, -0.15) is 0 Å². The van der Waals surface area contributed by atoms with Crippen molar-refractivity contribution >= 4 is 70.7 Å². The van der Waals surface area contributed by atoms with E-state index < -0.39 is 0 Å². The molecule has 5 heteroatoms. The van der Waals surface area contributed by atoms with Crippen LogP contribution in [-0.2, 0) is 0 Å². The second kappa shape index (κ2) is 5.96. The minimum Gasteiger partial charge on any atom is -0.121 e. The van der Waals surface area contributed by atoms with Gasteiger partial charge in [0, 0.05) is 5.02 Å². The van der Waals surface area contributed by atoms with E-state index in [-0.39, 0.29) is 4.83 Å². The molecule has 0 N–H and O–H groups in total. The minimum atomic E-state index is 0.0984. The summed E-state index contributed by atoms with van der Waals surface area (Å²) in [5.41, 5.74) is 4.76. The molecule has 1 unspecified atom stereocenters. The second-order valence-corrected chi connectivity index (χ2v) is 9.17.